The fourth-order valence-corrected chi connectivity index (χ4v) is 3.62. The van der Waals surface area contributed by atoms with E-state index in [1.54, 1.807) is 30.5 Å². The lowest BCUT2D eigenvalue weighted by Crippen LogP contribution is -2.17. The van der Waals surface area contributed by atoms with Gasteiger partial charge in [0.05, 0.1) is 20.9 Å². The molecule has 0 bridgehead atoms. The van der Waals surface area contributed by atoms with Gasteiger partial charge >= 0.3 is 0 Å². The van der Waals surface area contributed by atoms with Crippen molar-refractivity contribution in [1.82, 2.24) is 19.5 Å². The van der Waals surface area contributed by atoms with E-state index in [1.165, 1.54) is 35.3 Å². The zero-order chi connectivity index (χ0) is 19.7. The van der Waals surface area contributed by atoms with Crippen molar-refractivity contribution in [3.63, 3.8) is 0 Å². The first-order valence-electron chi connectivity index (χ1n) is 7.96. The molecule has 140 valence electrons. The minimum absolute atomic E-state index is 0.0248. The summed E-state index contributed by atoms with van der Waals surface area (Å²) in [5.41, 5.74) is 0.731. The molecule has 28 heavy (non-hydrogen) atoms. The molecule has 0 atom stereocenters. The highest BCUT2D eigenvalue weighted by Gasteiger charge is 2.21. The van der Waals surface area contributed by atoms with Gasteiger partial charge in [-0.1, -0.05) is 18.2 Å². The third-order valence-corrected chi connectivity index (χ3v) is 5.21. The van der Waals surface area contributed by atoms with E-state index < -0.39 is 14.9 Å². The molecule has 0 fully saturated rings. The van der Waals surface area contributed by atoms with Crippen molar-refractivity contribution in [2.75, 3.05) is 4.72 Å². The topological polar surface area (TPSA) is 133 Å². The summed E-state index contributed by atoms with van der Waals surface area (Å²) in [6.45, 7) is 0. The zero-order valence-corrected chi connectivity index (χ0v) is 14.9. The van der Waals surface area contributed by atoms with Crippen molar-refractivity contribution in [2.45, 2.75) is 4.90 Å². The van der Waals surface area contributed by atoms with Crippen LogP contribution in [0.15, 0.2) is 72.1 Å². The number of rotatable bonds is 5. The summed E-state index contributed by atoms with van der Waals surface area (Å²) in [7, 11) is -4.14. The molecule has 0 amide bonds. The number of benzene rings is 2. The van der Waals surface area contributed by atoms with Gasteiger partial charge in [-0.15, -0.1) is 0 Å². The van der Waals surface area contributed by atoms with Crippen LogP contribution in [0.4, 0.5) is 11.5 Å². The Hall–Kier alpha value is -3.86. The Balaban J connectivity index is 1.83. The number of nitrogens with zero attached hydrogens (tertiary/aromatic N) is 5. The Labute approximate surface area is 158 Å². The number of fused-ring (bicyclic) bond motifs is 1. The largest absolute Gasteiger partial charge is 0.287 e. The number of hydrogen-bond donors (Lipinski definition) is 1. The van der Waals surface area contributed by atoms with Gasteiger partial charge in [-0.05, 0) is 18.2 Å². The average molecular weight is 396 g/mol. The molecule has 0 aliphatic heterocycles. The molecule has 0 saturated carbocycles. The van der Waals surface area contributed by atoms with Crippen LogP contribution in [0, 0.1) is 10.1 Å². The second-order valence-electron chi connectivity index (χ2n) is 5.71. The van der Waals surface area contributed by atoms with E-state index >= 15 is 0 Å². The molecule has 2 aromatic heterocycles. The van der Waals surface area contributed by atoms with Gasteiger partial charge in [0.25, 0.3) is 15.7 Å². The molecule has 0 spiro atoms. The molecule has 0 aliphatic carbocycles. The van der Waals surface area contributed by atoms with Gasteiger partial charge in [0.1, 0.15) is 6.33 Å². The van der Waals surface area contributed by atoms with Crippen LogP contribution in [0.2, 0.25) is 0 Å². The van der Waals surface area contributed by atoms with Gasteiger partial charge in [0, 0.05) is 24.5 Å². The van der Waals surface area contributed by atoms with E-state index in [0.717, 1.165) is 6.07 Å². The minimum atomic E-state index is -4.14. The number of nitro groups is 1. The predicted octanol–water partition coefficient (Wildman–Crippen LogP) is 2.52. The third-order valence-electron chi connectivity index (χ3n) is 3.87. The summed E-state index contributed by atoms with van der Waals surface area (Å²) in [4.78, 5) is 22.8. The fraction of sp³-hybridized carbons (Fsp3) is 0. The highest BCUT2D eigenvalue weighted by atomic mass is 32.2. The SMILES string of the molecule is O=[N+]([O-])c1cccc(S(=O)(=O)Nc2nc3ccccc3nc2-n2ccnc2)c1. The van der Waals surface area contributed by atoms with Crippen molar-refractivity contribution in [3.05, 3.63) is 77.4 Å². The van der Waals surface area contributed by atoms with Crippen LogP contribution in [0.1, 0.15) is 0 Å². The Morgan fingerprint density at radius 2 is 1.79 bits per heavy atom. The lowest BCUT2D eigenvalue weighted by molar-refractivity contribution is -0.385. The third kappa shape index (κ3) is 3.25. The van der Waals surface area contributed by atoms with E-state index in [1.807, 2.05) is 0 Å². The molecule has 0 saturated heterocycles. The number of aromatic nitrogens is 4. The second kappa shape index (κ2) is 6.70. The molecular formula is C17H12N6O4S. The number of imidazole rings is 1. The molecular weight excluding hydrogens is 384 g/mol. The van der Waals surface area contributed by atoms with Crippen LogP contribution < -0.4 is 4.72 Å². The number of para-hydroxylation sites is 2. The zero-order valence-electron chi connectivity index (χ0n) is 14.1. The van der Waals surface area contributed by atoms with E-state index in [-0.39, 0.29) is 22.2 Å². The lowest BCUT2D eigenvalue weighted by Gasteiger charge is -2.12. The lowest BCUT2D eigenvalue weighted by atomic mass is 10.3. The highest BCUT2D eigenvalue weighted by molar-refractivity contribution is 7.92. The van der Waals surface area contributed by atoms with Crippen molar-refractivity contribution >= 4 is 32.6 Å². The van der Waals surface area contributed by atoms with Gasteiger partial charge in [-0.3, -0.25) is 19.4 Å². The molecule has 4 rings (SSSR count). The maximum atomic E-state index is 12.8. The van der Waals surface area contributed by atoms with Crippen molar-refractivity contribution < 1.29 is 13.3 Å². The van der Waals surface area contributed by atoms with Gasteiger partial charge in [0.15, 0.2) is 11.6 Å². The Morgan fingerprint density at radius 1 is 1.04 bits per heavy atom. The first-order valence-corrected chi connectivity index (χ1v) is 9.45. The second-order valence-corrected chi connectivity index (χ2v) is 7.40. The summed E-state index contributed by atoms with van der Waals surface area (Å²) in [5, 5.41) is 11.0. The monoisotopic (exact) mass is 396 g/mol. The molecule has 10 nitrogen and oxygen atoms in total. The maximum Gasteiger partial charge on any atom is 0.270 e. The standard InChI is InChI=1S/C17H12N6O4S/c24-23(25)12-4-3-5-13(10-12)28(26,27)21-16-17(22-9-8-18-11-22)20-15-7-2-1-6-14(15)19-16/h1-11H,(H,19,21). The fourth-order valence-electron chi connectivity index (χ4n) is 2.57. The molecule has 4 aromatic rings. The van der Waals surface area contributed by atoms with Crippen LogP contribution in [0.5, 0.6) is 0 Å². The van der Waals surface area contributed by atoms with Gasteiger partial charge in [-0.25, -0.2) is 23.4 Å². The van der Waals surface area contributed by atoms with Crippen molar-refractivity contribution in [3.8, 4) is 5.82 Å². The number of hydrogen-bond acceptors (Lipinski definition) is 7. The quantitative estimate of drug-likeness (QED) is 0.405. The Bertz CT molecular complexity index is 1290. The summed E-state index contributed by atoms with van der Waals surface area (Å²) in [6, 6.07) is 11.8. The van der Waals surface area contributed by atoms with E-state index in [4.69, 9.17) is 0 Å². The van der Waals surface area contributed by atoms with Gasteiger partial charge in [0.2, 0.25) is 0 Å². The summed E-state index contributed by atoms with van der Waals surface area (Å²) >= 11 is 0. The number of sulfonamides is 1. The van der Waals surface area contributed by atoms with Gasteiger partial charge in [-0.2, -0.15) is 0 Å². The predicted molar refractivity (Wildman–Crippen MR) is 101 cm³/mol. The highest BCUT2D eigenvalue weighted by Crippen LogP contribution is 2.24. The van der Waals surface area contributed by atoms with Gasteiger partial charge < -0.3 is 0 Å². The number of nitro benzene ring substituents is 1. The van der Waals surface area contributed by atoms with Crippen LogP contribution >= 0.6 is 0 Å². The first kappa shape index (κ1) is 17.5. The van der Waals surface area contributed by atoms with Crippen LogP contribution in [0.3, 0.4) is 0 Å². The number of anilines is 1. The molecule has 1 N–H and O–H groups in total. The molecule has 0 aliphatic rings. The van der Waals surface area contributed by atoms with Crippen LogP contribution in [0.25, 0.3) is 16.9 Å². The smallest absolute Gasteiger partial charge is 0.270 e. The van der Waals surface area contributed by atoms with E-state index in [2.05, 4.69) is 19.7 Å². The molecule has 2 heterocycles. The van der Waals surface area contributed by atoms with Crippen molar-refractivity contribution in [2.24, 2.45) is 0 Å². The van der Waals surface area contributed by atoms with Crippen molar-refractivity contribution in [1.29, 1.82) is 0 Å². The summed E-state index contributed by atoms with van der Waals surface area (Å²) < 4.78 is 29.5. The maximum absolute atomic E-state index is 12.8. The normalized spacial score (nSPS) is 11.4. The van der Waals surface area contributed by atoms with E-state index in [9.17, 15) is 18.5 Å². The Kier molecular flexibility index (Phi) is 4.20. The first-order chi connectivity index (χ1) is 13.4. The minimum Gasteiger partial charge on any atom is -0.287 e. The average Bonchev–Trinajstić information content (AvgIpc) is 3.22. The molecule has 11 heteroatoms. The summed E-state index contributed by atoms with van der Waals surface area (Å²) in [6.07, 6.45) is 4.59. The number of non-ortho nitro benzene ring substituents is 1. The van der Waals surface area contributed by atoms with Crippen LogP contribution in [-0.4, -0.2) is 32.9 Å². The summed E-state index contributed by atoms with van der Waals surface area (Å²) in [5.74, 6) is 0.202. The van der Waals surface area contributed by atoms with Crippen LogP contribution in [-0.2, 0) is 10.0 Å². The van der Waals surface area contributed by atoms with E-state index in [0.29, 0.717) is 11.0 Å². The number of nitrogens with one attached hydrogen (secondary N) is 1. The molecule has 0 unspecified atom stereocenters. The molecule has 2 aromatic carbocycles. The molecule has 0 radical (unpaired) electrons. The Morgan fingerprint density at radius 3 is 2.46 bits per heavy atom.